The molecule has 7 nitrogen and oxygen atoms in total. The number of para-hydroxylation sites is 2. The fourth-order valence-electron chi connectivity index (χ4n) is 3.61. The number of nitrogens with one attached hydrogen (secondary N) is 1. The predicted octanol–water partition coefficient (Wildman–Crippen LogP) is 3.95. The molecule has 0 spiro atoms. The number of anilines is 1. The highest BCUT2D eigenvalue weighted by Crippen LogP contribution is 2.24. The van der Waals surface area contributed by atoms with Gasteiger partial charge in [0.05, 0.1) is 22.7 Å². The summed E-state index contributed by atoms with van der Waals surface area (Å²) in [6.07, 6.45) is 1.58. The van der Waals surface area contributed by atoms with Gasteiger partial charge in [-0.05, 0) is 43.5 Å². The van der Waals surface area contributed by atoms with Crippen molar-refractivity contribution < 1.29 is 9.59 Å². The lowest BCUT2D eigenvalue weighted by molar-refractivity contribution is -0.132. The van der Waals surface area contributed by atoms with Gasteiger partial charge in [0.1, 0.15) is 0 Å². The number of rotatable bonds is 9. The number of nitrogens with zero attached hydrogens (tertiary/aromatic N) is 3. The van der Waals surface area contributed by atoms with Gasteiger partial charge in [-0.25, -0.2) is 4.98 Å². The van der Waals surface area contributed by atoms with Crippen LogP contribution in [-0.4, -0.2) is 45.1 Å². The van der Waals surface area contributed by atoms with Gasteiger partial charge in [0, 0.05) is 19.3 Å². The molecule has 8 heteroatoms. The Balaban J connectivity index is 1.72. The van der Waals surface area contributed by atoms with Crippen LogP contribution in [0.3, 0.4) is 0 Å². The number of likely N-dealkylation sites (N-methyl/N-ethyl adjacent to an activating group) is 1. The van der Waals surface area contributed by atoms with E-state index in [9.17, 15) is 14.4 Å². The van der Waals surface area contributed by atoms with Crippen molar-refractivity contribution in [3.8, 4) is 0 Å². The van der Waals surface area contributed by atoms with E-state index >= 15 is 0 Å². The van der Waals surface area contributed by atoms with Crippen LogP contribution < -0.4 is 10.9 Å². The molecule has 0 aliphatic carbocycles. The quantitative estimate of drug-likeness (QED) is 0.381. The van der Waals surface area contributed by atoms with Crippen LogP contribution in [0.4, 0.5) is 5.69 Å². The number of carbonyl (C=O) groups is 2. The molecule has 0 fully saturated rings. The van der Waals surface area contributed by atoms with Crippen molar-refractivity contribution in [2.24, 2.45) is 0 Å². The zero-order chi connectivity index (χ0) is 24.0. The number of thioether (sulfide) groups is 1. The third-order valence-electron chi connectivity index (χ3n) is 5.33. The molecule has 3 aromatic rings. The Kier molecular flexibility index (Phi) is 8.27. The van der Waals surface area contributed by atoms with Crippen molar-refractivity contribution in [2.45, 2.75) is 50.6 Å². The summed E-state index contributed by atoms with van der Waals surface area (Å²) in [5, 5.41) is 3.46. The van der Waals surface area contributed by atoms with E-state index in [1.807, 2.05) is 50.2 Å². The topological polar surface area (TPSA) is 84.3 Å². The Labute approximate surface area is 198 Å². The molecule has 1 aromatic heterocycles. The van der Waals surface area contributed by atoms with Crippen LogP contribution in [-0.2, 0) is 22.6 Å². The third-order valence-corrected chi connectivity index (χ3v) is 6.41. The molecule has 0 saturated carbocycles. The number of fused-ring (bicyclic) bond motifs is 1. The van der Waals surface area contributed by atoms with Crippen molar-refractivity contribution in [3.63, 3.8) is 0 Å². The Morgan fingerprint density at radius 1 is 1.12 bits per heavy atom. The summed E-state index contributed by atoms with van der Waals surface area (Å²) in [6.45, 7) is 6.25. The van der Waals surface area contributed by atoms with Gasteiger partial charge in [-0.1, -0.05) is 55.9 Å². The van der Waals surface area contributed by atoms with Crippen LogP contribution in [0.2, 0.25) is 0 Å². The molecule has 1 atom stereocenters. The van der Waals surface area contributed by atoms with Gasteiger partial charge in [-0.2, -0.15) is 0 Å². The normalized spacial score (nSPS) is 11.9. The molecule has 0 aliphatic rings. The number of aryl methyl sites for hydroxylation is 1. The molecule has 0 unspecified atom stereocenters. The lowest BCUT2D eigenvalue weighted by atomic mass is 10.1. The Morgan fingerprint density at radius 2 is 1.82 bits per heavy atom. The van der Waals surface area contributed by atoms with Gasteiger partial charge < -0.3 is 10.2 Å². The largest absolute Gasteiger partial charge is 0.335 e. The minimum atomic E-state index is -0.512. The summed E-state index contributed by atoms with van der Waals surface area (Å²) < 4.78 is 1.63. The van der Waals surface area contributed by atoms with Gasteiger partial charge in [0.2, 0.25) is 11.8 Å². The first kappa shape index (κ1) is 24.5. The molecule has 1 heterocycles. The zero-order valence-electron chi connectivity index (χ0n) is 19.5. The summed E-state index contributed by atoms with van der Waals surface area (Å²) >= 11 is 1.24. The maximum Gasteiger partial charge on any atom is 0.262 e. The van der Waals surface area contributed by atoms with E-state index < -0.39 is 5.25 Å². The molecule has 0 aliphatic heterocycles. The van der Waals surface area contributed by atoms with Crippen molar-refractivity contribution in [3.05, 3.63) is 64.4 Å². The Hall–Kier alpha value is -3.13. The standard InChI is InChI=1S/C25H30N4O3S/c1-5-15-29-24(32)19-12-8-10-14-21(19)27-25(29)33-17(3)23(31)28(4)16-22(30)26-20-13-9-7-11-18(20)6-2/h7-14,17H,5-6,15-16H2,1-4H3,(H,26,30)/t17-/m0/s1. The molecule has 0 bridgehead atoms. The number of benzene rings is 2. The SMILES string of the molecule is CCCn1c(S[C@@H](C)C(=O)N(C)CC(=O)Nc2ccccc2CC)nc2ccccc2c1=O. The van der Waals surface area contributed by atoms with E-state index in [0.717, 1.165) is 24.1 Å². The van der Waals surface area contributed by atoms with Crippen molar-refractivity contribution >= 4 is 40.2 Å². The molecule has 33 heavy (non-hydrogen) atoms. The highest BCUT2D eigenvalue weighted by Gasteiger charge is 2.23. The van der Waals surface area contributed by atoms with Gasteiger partial charge in [0.25, 0.3) is 5.56 Å². The maximum atomic E-state index is 13.0. The van der Waals surface area contributed by atoms with E-state index in [-0.39, 0.29) is 23.9 Å². The molecular formula is C25H30N4O3S. The average Bonchev–Trinajstić information content (AvgIpc) is 2.81. The predicted molar refractivity (Wildman–Crippen MR) is 134 cm³/mol. The highest BCUT2D eigenvalue weighted by atomic mass is 32.2. The lowest BCUT2D eigenvalue weighted by Crippen LogP contribution is -2.39. The van der Waals surface area contributed by atoms with Gasteiger partial charge in [-0.15, -0.1) is 0 Å². The third kappa shape index (κ3) is 5.82. The van der Waals surface area contributed by atoms with E-state index in [4.69, 9.17) is 0 Å². The monoisotopic (exact) mass is 466 g/mol. The second-order valence-electron chi connectivity index (χ2n) is 7.88. The molecular weight excluding hydrogens is 436 g/mol. The lowest BCUT2D eigenvalue weighted by Gasteiger charge is -2.22. The Bertz CT molecular complexity index is 1210. The summed E-state index contributed by atoms with van der Waals surface area (Å²) in [5.74, 6) is -0.458. The smallest absolute Gasteiger partial charge is 0.262 e. The number of amides is 2. The summed E-state index contributed by atoms with van der Waals surface area (Å²) in [4.78, 5) is 44.5. The highest BCUT2D eigenvalue weighted by molar-refractivity contribution is 8.00. The first-order valence-electron chi connectivity index (χ1n) is 11.1. The first-order chi connectivity index (χ1) is 15.8. The first-order valence-corrected chi connectivity index (χ1v) is 12.0. The number of carbonyl (C=O) groups excluding carboxylic acids is 2. The van der Waals surface area contributed by atoms with Gasteiger partial charge in [0.15, 0.2) is 5.16 Å². The zero-order valence-corrected chi connectivity index (χ0v) is 20.3. The molecule has 3 rings (SSSR count). The summed E-state index contributed by atoms with van der Waals surface area (Å²) in [7, 11) is 1.61. The molecule has 1 N–H and O–H groups in total. The van der Waals surface area contributed by atoms with Crippen LogP contribution in [0.25, 0.3) is 10.9 Å². The number of aromatic nitrogens is 2. The van der Waals surface area contributed by atoms with Crippen LogP contribution in [0.5, 0.6) is 0 Å². The van der Waals surface area contributed by atoms with Crippen LogP contribution in [0.15, 0.2) is 58.5 Å². The minimum absolute atomic E-state index is 0.0608. The fourth-order valence-corrected chi connectivity index (χ4v) is 4.66. The average molecular weight is 467 g/mol. The maximum absolute atomic E-state index is 13.0. The van der Waals surface area contributed by atoms with E-state index in [2.05, 4.69) is 10.3 Å². The fraction of sp³-hybridized carbons (Fsp3) is 0.360. The second kappa shape index (κ2) is 11.1. The molecule has 2 aromatic carbocycles. The van der Waals surface area contributed by atoms with E-state index in [1.165, 1.54) is 16.7 Å². The summed E-state index contributed by atoms with van der Waals surface area (Å²) in [5.41, 5.74) is 2.31. The van der Waals surface area contributed by atoms with E-state index in [0.29, 0.717) is 22.6 Å². The minimum Gasteiger partial charge on any atom is -0.335 e. The molecule has 174 valence electrons. The van der Waals surface area contributed by atoms with Crippen molar-refractivity contribution in [1.82, 2.24) is 14.5 Å². The van der Waals surface area contributed by atoms with Crippen molar-refractivity contribution in [1.29, 1.82) is 0 Å². The van der Waals surface area contributed by atoms with Gasteiger partial charge in [-0.3, -0.25) is 19.0 Å². The molecule has 2 amide bonds. The second-order valence-corrected chi connectivity index (χ2v) is 9.19. The van der Waals surface area contributed by atoms with Crippen LogP contribution in [0.1, 0.15) is 32.8 Å². The van der Waals surface area contributed by atoms with Crippen LogP contribution in [0, 0.1) is 0 Å². The Morgan fingerprint density at radius 3 is 2.55 bits per heavy atom. The number of hydrogen-bond acceptors (Lipinski definition) is 5. The van der Waals surface area contributed by atoms with Gasteiger partial charge >= 0.3 is 0 Å². The number of hydrogen-bond donors (Lipinski definition) is 1. The molecule has 0 radical (unpaired) electrons. The molecule has 0 saturated heterocycles. The van der Waals surface area contributed by atoms with Crippen LogP contribution >= 0.6 is 11.8 Å². The summed E-state index contributed by atoms with van der Waals surface area (Å²) in [6, 6.07) is 14.9. The van der Waals surface area contributed by atoms with E-state index in [1.54, 1.807) is 30.7 Å². The van der Waals surface area contributed by atoms with Crippen molar-refractivity contribution in [2.75, 3.05) is 18.9 Å².